The fourth-order valence-corrected chi connectivity index (χ4v) is 4.47. The highest BCUT2D eigenvalue weighted by molar-refractivity contribution is 7.90. The maximum atomic E-state index is 12.6. The van der Waals surface area contributed by atoms with E-state index < -0.39 is 10.0 Å². The topological polar surface area (TPSA) is 51.5 Å². The third-order valence-electron chi connectivity index (χ3n) is 4.78. The van der Waals surface area contributed by atoms with Crippen LogP contribution in [-0.4, -0.2) is 43.6 Å². The lowest BCUT2D eigenvalue weighted by atomic mass is 10.0. The van der Waals surface area contributed by atoms with Crippen molar-refractivity contribution >= 4 is 10.0 Å². The summed E-state index contributed by atoms with van der Waals surface area (Å²) in [6, 6.07) is 18.9. The predicted octanol–water partition coefficient (Wildman–Crippen LogP) is 3.22. The smallest absolute Gasteiger partial charge is 0.267 e. The van der Waals surface area contributed by atoms with Crippen LogP contribution in [0.15, 0.2) is 78.0 Å². The van der Waals surface area contributed by atoms with E-state index in [-0.39, 0.29) is 4.90 Å². The van der Waals surface area contributed by atoms with Crippen molar-refractivity contribution in [2.75, 3.05) is 26.3 Å². The summed E-state index contributed by atoms with van der Waals surface area (Å²) in [4.78, 5) is 2.67. The number of nitrogens with zero attached hydrogens (tertiary/aromatic N) is 2. The average molecular weight is 382 g/mol. The molecule has 1 fully saturated rings. The van der Waals surface area contributed by atoms with Crippen LogP contribution in [0.4, 0.5) is 0 Å². The van der Waals surface area contributed by atoms with Gasteiger partial charge >= 0.3 is 0 Å². The monoisotopic (exact) mass is 382 g/mol. The maximum absolute atomic E-state index is 12.6. The van der Waals surface area contributed by atoms with Crippen molar-refractivity contribution in [2.24, 2.45) is 0 Å². The molecule has 0 saturated carbocycles. The van der Waals surface area contributed by atoms with Crippen molar-refractivity contribution in [3.63, 3.8) is 0 Å². The van der Waals surface area contributed by atoms with E-state index in [1.165, 1.54) is 9.54 Å². The highest BCUT2D eigenvalue weighted by atomic mass is 32.2. The predicted molar refractivity (Wildman–Crippen MR) is 105 cm³/mol. The second-order valence-corrected chi connectivity index (χ2v) is 8.47. The molecule has 1 aliphatic rings. The summed E-state index contributed by atoms with van der Waals surface area (Å²) >= 11 is 0. The van der Waals surface area contributed by atoms with Crippen LogP contribution in [0.25, 0.3) is 11.1 Å². The average Bonchev–Trinajstić information content (AvgIpc) is 3.25. The molecule has 0 aliphatic carbocycles. The molecule has 0 N–H and O–H groups in total. The van der Waals surface area contributed by atoms with E-state index >= 15 is 0 Å². The van der Waals surface area contributed by atoms with Crippen LogP contribution >= 0.6 is 0 Å². The lowest BCUT2D eigenvalue weighted by molar-refractivity contribution is 0.0342. The number of hydrogen-bond acceptors (Lipinski definition) is 4. The fourth-order valence-electron chi connectivity index (χ4n) is 3.29. The Morgan fingerprint density at radius 3 is 2.26 bits per heavy atom. The molecule has 2 heterocycles. The minimum atomic E-state index is -3.52. The SMILES string of the molecule is O=S(=O)(c1ccc(-c2cccc(CN3CCOCC3)c2)cc1)n1cccc1. The van der Waals surface area contributed by atoms with E-state index in [1.807, 2.05) is 12.1 Å². The van der Waals surface area contributed by atoms with Gasteiger partial charge in [-0.25, -0.2) is 12.4 Å². The Balaban J connectivity index is 1.54. The Morgan fingerprint density at radius 2 is 1.56 bits per heavy atom. The van der Waals surface area contributed by atoms with Crippen molar-refractivity contribution in [3.05, 3.63) is 78.6 Å². The van der Waals surface area contributed by atoms with Gasteiger partial charge in [0.25, 0.3) is 10.0 Å². The molecule has 0 atom stereocenters. The highest BCUT2D eigenvalue weighted by Gasteiger charge is 2.15. The van der Waals surface area contributed by atoms with E-state index in [4.69, 9.17) is 4.74 Å². The molecule has 27 heavy (non-hydrogen) atoms. The van der Waals surface area contributed by atoms with E-state index in [0.717, 1.165) is 44.0 Å². The minimum Gasteiger partial charge on any atom is -0.379 e. The van der Waals surface area contributed by atoms with E-state index in [2.05, 4.69) is 29.2 Å². The molecule has 5 nitrogen and oxygen atoms in total. The van der Waals surface area contributed by atoms with Gasteiger partial charge in [-0.1, -0.05) is 30.3 Å². The summed E-state index contributed by atoms with van der Waals surface area (Å²) in [6.45, 7) is 4.39. The Kier molecular flexibility index (Phi) is 5.11. The van der Waals surface area contributed by atoms with Crippen LogP contribution in [-0.2, 0) is 21.3 Å². The van der Waals surface area contributed by atoms with E-state index in [0.29, 0.717) is 0 Å². The molecule has 140 valence electrons. The molecule has 1 aromatic heterocycles. The molecule has 0 amide bonds. The molecule has 3 aromatic rings. The standard InChI is InChI=1S/C21H22N2O3S/c24-27(25,23-10-1-2-11-23)21-8-6-19(7-9-21)20-5-3-4-18(16-20)17-22-12-14-26-15-13-22/h1-11,16H,12-15,17H2. The van der Waals surface area contributed by atoms with Gasteiger partial charge in [-0.3, -0.25) is 4.90 Å². The Bertz CT molecular complexity index is 990. The quantitative estimate of drug-likeness (QED) is 0.680. The maximum Gasteiger partial charge on any atom is 0.267 e. The molecular weight excluding hydrogens is 360 g/mol. The zero-order valence-corrected chi connectivity index (χ0v) is 15.8. The summed E-state index contributed by atoms with van der Waals surface area (Å²) in [5.41, 5.74) is 3.34. The van der Waals surface area contributed by atoms with Crippen LogP contribution < -0.4 is 0 Å². The molecule has 4 rings (SSSR count). The van der Waals surface area contributed by atoms with Crippen LogP contribution in [0.1, 0.15) is 5.56 Å². The lowest BCUT2D eigenvalue weighted by Gasteiger charge is -2.26. The van der Waals surface area contributed by atoms with Crippen LogP contribution in [0.5, 0.6) is 0 Å². The number of ether oxygens (including phenoxy) is 1. The minimum absolute atomic E-state index is 0.284. The zero-order valence-electron chi connectivity index (χ0n) is 15.0. The second-order valence-electron chi connectivity index (χ2n) is 6.63. The molecular formula is C21H22N2O3S. The zero-order chi connectivity index (χ0) is 18.7. The van der Waals surface area contributed by atoms with Gasteiger partial charge < -0.3 is 4.74 Å². The second kappa shape index (κ2) is 7.68. The van der Waals surface area contributed by atoms with E-state index in [9.17, 15) is 8.42 Å². The van der Waals surface area contributed by atoms with Crippen molar-refractivity contribution in [2.45, 2.75) is 11.4 Å². The Morgan fingerprint density at radius 1 is 0.852 bits per heavy atom. The lowest BCUT2D eigenvalue weighted by Crippen LogP contribution is -2.35. The fraction of sp³-hybridized carbons (Fsp3) is 0.238. The molecule has 1 aliphatic heterocycles. The van der Waals surface area contributed by atoms with Gasteiger partial charge in [0, 0.05) is 32.0 Å². The first-order valence-electron chi connectivity index (χ1n) is 9.01. The normalized spacial score (nSPS) is 15.7. The number of morpholine rings is 1. The Labute approximate surface area is 159 Å². The summed E-state index contributed by atoms with van der Waals surface area (Å²) < 4.78 is 31.8. The highest BCUT2D eigenvalue weighted by Crippen LogP contribution is 2.24. The van der Waals surface area contributed by atoms with Crippen LogP contribution in [0, 0.1) is 0 Å². The van der Waals surface area contributed by atoms with Crippen molar-refractivity contribution < 1.29 is 13.2 Å². The van der Waals surface area contributed by atoms with Gasteiger partial charge in [0.2, 0.25) is 0 Å². The molecule has 0 spiro atoms. The third kappa shape index (κ3) is 3.98. The largest absolute Gasteiger partial charge is 0.379 e. The first kappa shape index (κ1) is 18.0. The first-order chi connectivity index (χ1) is 13.1. The number of hydrogen-bond donors (Lipinski definition) is 0. The summed E-state index contributed by atoms with van der Waals surface area (Å²) in [7, 11) is -3.52. The van der Waals surface area contributed by atoms with Gasteiger partial charge in [0.05, 0.1) is 18.1 Å². The van der Waals surface area contributed by atoms with Crippen LogP contribution in [0.3, 0.4) is 0 Å². The van der Waals surface area contributed by atoms with Gasteiger partial charge in [0.1, 0.15) is 0 Å². The molecule has 0 unspecified atom stereocenters. The molecule has 0 radical (unpaired) electrons. The summed E-state index contributed by atoms with van der Waals surface area (Å²) in [6.07, 6.45) is 3.08. The first-order valence-corrected chi connectivity index (χ1v) is 10.4. The van der Waals surface area contributed by atoms with Gasteiger partial charge in [0.15, 0.2) is 0 Å². The molecule has 1 saturated heterocycles. The van der Waals surface area contributed by atoms with Gasteiger partial charge in [-0.2, -0.15) is 0 Å². The van der Waals surface area contributed by atoms with Gasteiger partial charge in [-0.05, 0) is 47.0 Å². The summed E-state index contributed by atoms with van der Waals surface area (Å²) in [5, 5.41) is 0. The Hall–Kier alpha value is -2.41. The van der Waals surface area contributed by atoms with Crippen LogP contribution in [0.2, 0.25) is 0 Å². The molecule has 2 aromatic carbocycles. The van der Waals surface area contributed by atoms with Gasteiger partial charge in [-0.15, -0.1) is 0 Å². The van der Waals surface area contributed by atoms with E-state index in [1.54, 1.807) is 36.7 Å². The number of rotatable bonds is 5. The van der Waals surface area contributed by atoms with Crippen molar-refractivity contribution in [1.82, 2.24) is 8.87 Å². The number of aromatic nitrogens is 1. The third-order valence-corrected chi connectivity index (χ3v) is 6.44. The summed E-state index contributed by atoms with van der Waals surface area (Å²) in [5.74, 6) is 0. The van der Waals surface area contributed by atoms with Crippen molar-refractivity contribution in [1.29, 1.82) is 0 Å². The molecule has 6 heteroatoms. The number of benzene rings is 2. The molecule has 0 bridgehead atoms. The van der Waals surface area contributed by atoms with Crippen molar-refractivity contribution in [3.8, 4) is 11.1 Å².